The molecule has 7 heteroatoms. The van der Waals surface area contributed by atoms with Crippen LogP contribution in [0, 0.1) is 0 Å². The van der Waals surface area contributed by atoms with E-state index in [0.717, 1.165) is 0 Å². The highest BCUT2D eigenvalue weighted by molar-refractivity contribution is 6.30. The number of halogens is 1. The average molecular weight is 282 g/mol. The van der Waals surface area contributed by atoms with Crippen LogP contribution < -0.4 is 5.32 Å². The third kappa shape index (κ3) is 2.73. The minimum atomic E-state index is -0.650. The van der Waals surface area contributed by atoms with Crippen molar-refractivity contribution in [3.8, 4) is 0 Å². The molecule has 1 N–H and O–H groups in total. The third-order valence-corrected chi connectivity index (χ3v) is 3.07. The van der Waals surface area contributed by atoms with Crippen LogP contribution in [0.15, 0.2) is 18.3 Å². The van der Waals surface area contributed by atoms with Crippen LogP contribution in [0.1, 0.15) is 23.8 Å². The molecule has 100 valence electrons. The Bertz CT molecular complexity index is 530. The van der Waals surface area contributed by atoms with Gasteiger partial charge in [0.2, 0.25) is 11.8 Å². The monoisotopic (exact) mass is 281 g/mol. The highest BCUT2D eigenvalue weighted by Crippen LogP contribution is 2.14. The van der Waals surface area contributed by atoms with Crippen LogP contribution >= 0.6 is 11.6 Å². The number of carbonyl (C=O) groups excluding carboxylic acids is 3. The highest BCUT2D eigenvalue weighted by Gasteiger charge is 2.36. The van der Waals surface area contributed by atoms with Gasteiger partial charge < -0.3 is 4.90 Å². The Kier molecular flexibility index (Phi) is 3.80. The summed E-state index contributed by atoms with van der Waals surface area (Å²) in [6, 6.07) is 2.35. The predicted molar refractivity (Wildman–Crippen MR) is 67.5 cm³/mol. The SMILES string of the molecule is CCC1C(=O)NC(=O)CN1C(=O)c1ccc(Cl)cn1. The third-order valence-electron chi connectivity index (χ3n) is 2.85. The molecule has 2 rings (SSSR count). The van der Waals surface area contributed by atoms with Crippen molar-refractivity contribution in [2.45, 2.75) is 19.4 Å². The van der Waals surface area contributed by atoms with Crippen LogP contribution in [-0.4, -0.2) is 40.2 Å². The number of hydrogen-bond donors (Lipinski definition) is 1. The normalized spacial score (nSPS) is 19.3. The van der Waals surface area contributed by atoms with Crippen molar-refractivity contribution in [2.75, 3.05) is 6.54 Å². The number of nitrogens with one attached hydrogen (secondary N) is 1. The summed E-state index contributed by atoms with van der Waals surface area (Å²) in [6.45, 7) is 1.63. The van der Waals surface area contributed by atoms with E-state index in [1.807, 2.05) is 0 Å². The van der Waals surface area contributed by atoms with Gasteiger partial charge in [0, 0.05) is 6.20 Å². The zero-order valence-corrected chi connectivity index (χ0v) is 11.0. The van der Waals surface area contributed by atoms with Gasteiger partial charge in [-0.2, -0.15) is 0 Å². The molecule has 6 nitrogen and oxygen atoms in total. The number of imide groups is 1. The molecule has 1 aliphatic rings. The molecular weight excluding hydrogens is 270 g/mol. The molecule has 2 heterocycles. The van der Waals surface area contributed by atoms with Gasteiger partial charge in [0.25, 0.3) is 5.91 Å². The summed E-state index contributed by atoms with van der Waals surface area (Å²) < 4.78 is 0. The van der Waals surface area contributed by atoms with Gasteiger partial charge in [0.15, 0.2) is 0 Å². The summed E-state index contributed by atoms with van der Waals surface area (Å²) in [5.41, 5.74) is 0.158. The fourth-order valence-corrected chi connectivity index (χ4v) is 2.05. The molecule has 1 aliphatic heterocycles. The molecule has 0 bridgehead atoms. The Labute approximate surface area is 114 Å². The van der Waals surface area contributed by atoms with Crippen molar-refractivity contribution in [1.29, 1.82) is 0 Å². The van der Waals surface area contributed by atoms with E-state index in [0.29, 0.717) is 11.4 Å². The summed E-state index contributed by atoms with van der Waals surface area (Å²) in [7, 11) is 0. The number of hydrogen-bond acceptors (Lipinski definition) is 4. The molecule has 0 aliphatic carbocycles. The molecule has 1 unspecified atom stereocenters. The first kappa shape index (κ1) is 13.5. The van der Waals surface area contributed by atoms with Gasteiger partial charge in [-0.15, -0.1) is 0 Å². The fourth-order valence-electron chi connectivity index (χ4n) is 1.94. The van der Waals surface area contributed by atoms with Crippen molar-refractivity contribution in [3.63, 3.8) is 0 Å². The summed E-state index contributed by atoms with van der Waals surface area (Å²) in [5.74, 6) is -1.40. The number of amides is 3. The van der Waals surface area contributed by atoms with Crippen molar-refractivity contribution in [1.82, 2.24) is 15.2 Å². The first-order valence-electron chi connectivity index (χ1n) is 5.79. The van der Waals surface area contributed by atoms with Gasteiger partial charge in [-0.05, 0) is 18.6 Å². The Morgan fingerprint density at radius 1 is 1.53 bits per heavy atom. The molecule has 1 saturated heterocycles. The number of carbonyl (C=O) groups is 3. The van der Waals surface area contributed by atoms with Crippen molar-refractivity contribution in [2.24, 2.45) is 0 Å². The van der Waals surface area contributed by atoms with E-state index in [4.69, 9.17) is 11.6 Å². The number of aromatic nitrogens is 1. The first-order chi connectivity index (χ1) is 9.02. The lowest BCUT2D eigenvalue weighted by molar-refractivity contribution is -0.138. The Hall–Kier alpha value is -1.95. The fraction of sp³-hybridized carbons (Fsp3) is 0.333. The van der Waals surface area contributed by atoms with Crippen LogP contribution in [0.3, 0.4) is 0 Å². The summed E-state index contributed by atoms with van der Waals surface area (Å²) in [4.78, 5) is 40.4. The van der Waals surface area contributed by atoms with Gasteiger partial charge in [0.05, 0.1) is 5.02 Å². The molecule has 19 heavy (non-hydrogen) atoms. The van der Waals surface area contributed by atoms with Crippen LogP contribution in [0.5, 0.6) is 0 Å². The predicted octanol–water partition coefficient (Wildman–Crippen LogP) is 0.612. The zero-order chi connectivity index (χ0) is 14.0. The van der Waals surface area contributed by atoms with Crippen LogP contribution in [0.2, 0.25) is 5.02 Å². The van der Waals surface area contributed by atoms with E-state index in [1.54, 1.807) is 6.92 Å². The van der Waals surface area contributed by atoms with Crippen LogP contribution in [-0.2, 0) is 9.59 Å². The Balaban J connectivity index is 2.27. The van der Waals surface area contributed by atoms with E-state index in [1.165, 1.54) is 23.2 Å². The molecule has 1 aromatic heterocycles. The second-order valence-corrected chi connectivity index (χ2v) is 4.57. The topological polar surface area (TPSA) is 79.4 Å². The van der Waals surface area contributed by atoms with E-state index < -0.39 is 23.8 Å². The average Bonchev–Trinajstić information content (AvgIpc) is 2.38. The van der Waals surface area contributed by atoms with Crippen LogP contribution in [0.25, 0.3) is 0 Å². The van der Waals surface area contributed by atoms with Gasteiger partial charge in [0.1, 0.15) is 18.3 Å². The lowest BCUT2D eigenvalue weighted by Gasteiger charge is -2.33. The minimum absolute atomic E-state index is 0.145. The lowest BCUT2D eigenvalue weighted by atomic mass is 10.1. The number of piperazine rings is 1. The highest BCUT2D eigenvalue weighted by atomic mass is 35.5. The second-order valence-electron chi connectivity index (χ2n) is 4.13. The van der Waals surface area contributed by atoms with Gasteiger partial charge >= 0.3 is 0 Å². The summed E-state index contributed by atoms with van der Waals surface area (Å²) in [6.07, 6.45) is 1.78. The second kappa shape index (κ2) is 5.36. The molecule has 1 fully saturated rings. The van der Waals surface area contributed by atoms with E-state index in [9.17, 15) is 14.4 Å². The number of rotatable bonds is 2. The minimum Gasteiger partial charge on any atom is -0.316 e. The smallest absolute Gasteiger partial charge is 0.273 e. The molecular formula is C12H12ClN3O3. The van der Waals surface area contributed by atoms with Gasteiger partial charge in [-0.3, -0.25) is 19.7 Å². The summed E-state index contributed by atoms with van der Waals surface area (Å²) in [5, 5.41) is 2.63. The molecule has 3 amide bonds. The van der Waals surface area contributed by atoms with E-state index >= 15 is 0 Å². The van der Waals surface area contributed by atoms with E-state index in [2.05, 4.69) is 10.3 Å². The molecule has 0 saturated carbocycles. The number of nitrogens with zero attached hydrogens (tertiary/aromatic N) is 2. The van der Waals surface area contributed by atoms with Crippen molar-refractivity contribution in [3.05, 3.63) is 29.0 Å². The van der Waals surface area contributed by atoms with Gasteiger partial charge in [-0.25, -0.2) is 4.98 Å². The Morgan fingerprint density at radius 3 is 2.84 bits per heavy atom. The van der Waals surface area contributed by atoms with Crippen molar-refractivity contribution >= 4 is 29.3 Å². The van der Waals surface area contributed by atoms with Crippen molar-refractivity contribution < 1.29 is 14.4 Å². The standard InChI is InChI=1S/C12H12ClN3O3/c1-2-9-11(18)15-10(17)6-16(9)12(19)8-4-3-7(13)5-14-8/h3-5,9H,2,6H2,1H3,(H,15,17,18). The van der Waals surface area contributed by atoms with Gasteiger partial charge in [-0.1, -0.05) is 18.5 Å². The quantitative estimate of drug-likeness (QED) is 0.806. The summed E-state index contributed by atoms with van der Waals surface area (Å²) >= 11 is 5.70. The molecule has 0 aromatic carbocycles. The first-order valence-corrected chi connectivity index (χ1v) is 6.17. The maximum atomic E-state index is 12.3. The molecule has 0 spiro atoms. The Morgan fingerprint density at radius 2 is 2.26 bits per heavy atom. The largest absolute Gasteiger partial charge is 0.316 e. The molecule has 1 aromatic rings. The molecule has 1 atom stereocenters. The maximum absolute atomic E-state index is 12.3. The van der Waals surface area contributed by atoms with Crippen LogP contribution in [0.4, 0.5) is 0 Å². The van der Waals surface area contributed by atoms with E-state index in [-0.39, 0.29) is 12.2 Å². The zero-order valence-electron chi connectivity index (χ0n) is 10.2. The molecule has 0 radical (unpaired) electrons. The lowest BCUT2D eigenvalue weighted by Crippen LogP contribution is -2.59. The maximum Gasteiger partial charge on any atom is 0.273 e. The number of pyridine rings is 1.